The summed E-state index contributed by atoms with van der Waals surface area (Å²) in [4.78, 5) is 14.2. The maximum Gasteiger partial charge on any atom is 0.346 e. The van der Waals surface area contributed by atoms with Crippen LogP contribution >= 0.6 is 0 Å². The van der Waals surface area contributed by atoms with E-state index >= 15 is 0 Å². The molecule has 1 heterocycles. The molecule has 1 atom stereocenters. The zero-order valence-corrected chi connectivity index (χ0v) is 5.54. The normalized spacial score (nSPS) is 27.4. The van der Waals surface area contributed by atoms with Gasteiger partial charge in [0.05, 0.1) is 11.4 Å². The lowest BCUT2D eigenvalue weighted by molar-refractivity contribution is 0.253. The highest BCUT2D eigenvalue weighted by Crippen LogP contribution is 2.13. The Labute approximate surface area is 62.3 Å². The lowest BCUT2D eigenvalue weighted by Crippen LogP contribution is -2.17. The zero-order valence-electron chi connectivity index (χ0n) is 5.54. The molecule has 1 N–H and O–H groups in total. The third-order valence-corrected chi connectivity index (χ3v) is 1.50. The molecule has 0 bridgehead atoms. The fraction of sp³-hybridized carbons (Fsp3) is 0.143. The number of alkyl halides is 1. The summed E-state index contributed by atoms with van der Waals surface area (Å²) in [5.74, 6) is 0. The number of hydrogen-bond acceptors (Lipinski definition) is 1. The maximum absolute atomic E-state index is 12.6. The molecule has 0 saturated heterocycles. The quantitative estimate of drug-likeness (QED) is 0.551. The first kappa shape index (κ1) is 6.27. The Bertz CT molecular complexity index is 304. The molecule has 0 aromatic heterocycles. The molecule has 1 aliphatic carbocycles. The van der Waals surface area contributed by atoms with Crippen LogP contribution < -0.4 is 5.32 Å². The second kappa shape index (κ2) is 2.02. The van der Waals surface area contributed by atoms with Gasteiger partial charge in [-0.15, -0.1) is 0 Å². The van der Waals surface area contributed by atoms with Gasteiger partial charge in [-0.3, -0.25) is 0 Å². The number of fused-ring (bicyclic) bond motifs is 1. The van der Waals surface area contributed by atoms with Gasteiger partial charge in [0, 0.05) is 0 Å². The molecule has 2 amide bonds. The number of hydrogen-bond donors (Lipinski definition) is 1. The van der Waals surface area contributed by atoms with Gasteiger partial charge >= 0.3 is 6.03 Å². The predicted octanol–water partition coefficient (Wildman–Crippen LogP) is 0.942. The van der Waals surface area contributed by atoms with Crippen LogP contribution in [0.5, 0.6) is 0 Å². The SMILES string of the molecule is O=C1N=C2C=CC(F)C=C2N1. The summed E-state index contributed by atoms with van der Waals surface area (Å²) in [6.45, 7) is 0. The highest BCUT2D eigenvalue weighted by molar-refractivity contribution is 6.18. The molecule has 11 heavy (non-hydrogen) atoms. The van der Waals surface area contributed by atoms with Gasteiger partial charge in [0.2, 0.25) is 0 Å². The minimum atomic E-state index is -1.11. The molecule has 4 heteroatoms. The lowest BCUT2D eigenvalue weighted by Gasteiger charge is -2.05. The summed E-state index contributed by atoms with van der Waals surface area (Å²) in [6.07, 6.45) is 3.06. The van der Waals surface area contributed by atoms with Crippen LogP contribution in [0.15, 0.2) is 28.9 Å². The van der Waals surface area contributed by atoms with E-state index in [9.17, 15) is 9.18 Å². The monoisotopic (exact) mass is 152 g/mol. The number of halogens is 1. The zero-order chi connectivity index (χ0) is 7.84. The van der Waals surface area contributed by atoms with Crippen LogP contribution in [0.25, 0.3) is 0 Å². The number of carbonyl (C=O) groups is 1. The molecule has 1 unspecified atom stereocenters. The Morgan fingerprint density at radius 3 is 3.27 bits per heavy atom. The van der Waals surface area contributed by atoms with E-state index in [4.69, 9.17) is 0 Å². The van der Waals surface area contributed by atoms with Gasteiger partial charge in [0.15, 0.2) is 0 Å². The van der Waals surface area contributed by atoms with Crippen LogP contribution in [0.3, 0.4) is 0 Å². The van der Waals surface area contributed by atoms with Crippen molar-refractivity contribution in [3.63, 3.8) is 0 Å². The number of aliphatic imine (C=N–C) groups is 1. The third kappa shape index (κ3) is 0.960. The second-order valence-electron chi connectivity index (χ2n) is 2.31. The number of amides is 2. The summed E-state index contributed by atoms with van der Waals surface area (Å²) in [5.41, 5.74) is 0.994. The topological polar surface area (TPSA) is 41.5 Å². The molecule has 0 radical (unpaired) electrons. The minimum Gasteiger partial charge on any atom is -0.304 e. The Kier molecular flexibility index (Phi) is 1.15. The molecule has 0 aromatic rings. The Morgan fingerprint density at radius 1 is 1.64 bits per heavy atom. The molecular formula is C7H5FN2O. The van der Waals surface area contributed by atoms with Crippen LogP contribution in [-0.2, 0) is 0 Å². The number of nitrogens with one attached hydrogen (secondary N) is 1. The van der Waals surface area contributed by atoms with Crippen molar-refractivity contribution < 1.29 is 9.18 Å². The molecule has 0 spiro atoms. The van der Waals surface area contributed by atoms with Crippen LogP contribution in [0, 0.1) is 0 Å². The summed E-state index contributed by atoms with van der Waals surface area (Å²) in [6, 6.07) is -0.426. The summed E-state index contributed by atoms with van der Waals surface area (Å²) < 4.78 is 12.6. The second-order valence-corrected chi connectivity index (χ2v) is 2.31. The van der Waals surface area contributed by atoms with E-state index in [1.807, 2.05) is 0 Å². The van der Waals surface area contributed by atoms with Crippen LogP contribution in [-0.4, -0.2) is 17.9 Å². The number of nitrogens with zero attached hydrogens (tertiary/aromatic N) is 1. The Hall–Kier alpha value is -1.45. The van der Waals surface area contributed by atoms with Crippen LogP contribution in [0.4, 0.5) is 9.18 Å². The van der Waals surface area contributed by atoms with Crippen molar-refractivity contribution in [3.8, 4) is 0 Å². The molecule has 0 aromatic carbocycles. The fourth-order valence-electron chi connectivity index (χ4n) is 1.03. The molecule has 0 fully saturated rings. The number of allylic oxidation sites excluding steroid dienone is 3. The number of carbonyl (C=O) groups excluding carboxylic acids is 1. The van der Waals surface area contributed by atoms with Crippen molar-refractivity contribution in [3.05, 3.63) is 23.9 Å². The van der Waals surface area contributed by atoms with Gasteiger partial charge in [0.1, 0.15) is 6.17 Å². The highest BCUT2D eigenvalue weighted by atomic mass is 19.1. The Morgan fingerprint density at radius 2 is 2.45 bits per heavy atom. The van der Waals surface area contributed by atoms with Gasteiger partial charge in [-0.1, -0.05) is 0 Å². The van der Waals surface area contributed by atoms with E-state index in [2.05, 4.69) is 10.3 Å². The molecule has 2 aliphatic rings. The van der Waals surface area contributed by atoms with Crippen molar-refractivity contribution in [2.24, 2.45) is 4.99 Å². The summed E-state index contributed by atoms with van der Waals surface area (Å²) in [5, 5.41) is 2.41. The number of rotatable bonds is 0. The van der Waals surface area contributed by atoms with Crippen molar-refractivity contribution >= 4 is 11.7 Å². The van der Waals surface area contributed by atoms with E-state index in [-0.39, 0.29) is 0 Å². The molecule has 2 rings (SSSR count). The predicted molar refractivity (Wildman–Crippen MR) is 38.1 cm³/mol. The standard InChI is InChI=1S/C7H5FN2O/c8-4-1-2-5-6(3-4)10-7(11)9-5/h1-4H,(H,10,11). The van der Waals surface area contributed by atoms with Gasteiger partial charge in [0.25, 0.3) is 0 Å². The first-order valence-corrected chi connectivity index (χ1v) is 3.20. The average Bonchev–Trinajstić information content (AvgIpc) is 2.27. The summed E-state index contributed by atoms with van der Waals surface area (Å²) in [7, 11) is 0. The van der Waals surface area contributed by atoms with E-state index in [1.54, 1.807) is 0 Å². The fourth-order valence-corrected chi connectivity index (χ4v) is 1.03. The van der Waals surface area contributed by atoms with E-state index in [0.717, 1.165) is 0 Å². The highest BCUT2D eigenvalue weighted by Gasteiger charge is 2.20. The van der Waals surface area contributed by atoms with Crippen molar-refractivity contribution in [1.82, 2.24) is 5.32 Å². The molecule has 0 saturated carbocycles. The van der Waals surface area contributed by atoms with Crippen molar-refractivity contribution in [2.45, 2.75) is 6.17 Å². The third-order valence-electron chi connectivity index (χ3n) is 1.50. The molecule has 3 nitrogen and oxygen atoms in total. The van der Waals surface area contributed by atoms with Gasteiger partial charge in [-0.25, -0.2) is 9.18 Å². The van der Waals surface area contributed by atoms with Crippen LogP contribution in [0.2, 0.25) is 0 Å². The molecular weight excluding hydrogens is 147 g/mol. The van der Waals surface area contributed by atoms with Gasteiger partial charge in [-0.05, 0) is 18.2 Å². The average molecular weight is 152 g/mol. The summed E-state index contributed by atoms with van der Waals surface area (Å²) >= 11 is 0. The first-order valence-electron chi connectivity index (χ1n) is 3.20. The van der Waals surface area contributed by atoms with Crippen molar-refractivity contribution in [2.75, 3.05) is 0 Å². The van der Waals surface area contributed by atoms with Gasteiger partial charge < -0.3 is 5.32 Å². The minimum absolute atomic E-state index is 0.426. The van der Waals surface area contributed by atoms with E-state index in [1.165, 1.54) is 18.2 Å². The van der Waals surface area contributed by atoms with E-state index < -0.39 is 12.2 Å². The van der Waals surface area contributed by atoms with E-state index in [0.29, 0.717) is 11.4 Å². The largest absolute Gasteiger partial charge is 0.346 e. The van der Waals surface area contributed by atoms with Crippen molar-refractivity contribution in [1.29, 1.82) is 0 Å². The van der Waals surface area contributed by atoms with Crippen LogP contribution in [0.1, 0.15) is 0 Å². The first-order chi connectivity index (χ1) is 5.25. The number of urea groups is 1. The molecule has 1 aliphatic heterocycles. The van der Waals surface area contributed by atoms with Gasteiger partial charge in [-0.2, -0.15) is 4.99 Å². The molecule has 56 valence electrons. The lowest BCUT2D eigenvalue weighted by atomic mass is 10.1. The maximum atomic E-state index is 12.6. The Balaban J connectivity index is 2.39. The smallest absolute Gasteiger partial charge is 0.304 e.